The lowest BCUT2D eigenvalue weighted by Crippen LogP contribution is -2.38. The monoisotopic (exact) mass is 415 g/mol. The van der Waals surface area contributed by atoms with Gasteiger partial charge in [-0.1, -0.05) is 6.08 Å². The molecule has 0 radical (unpaired) electrons. The molecule has 10 heteroatoms. The first-order valence-electron chi connectivity index (χ1n) is 9.33. The highest BCUT2D eigenvalue weighted by atomic mass is 16.5. The van der Waals surface area contributed by atoms with Crippen LogP contribution in [0, 0.1) is 0 Å². The maximum Gasteiger partial charge on any atom is 0.332 e. The van der Waals surface area contributed by atoms with Gasteiger partial charge >= 0.3 is 5.69 Å². The van der Waals surface area contributed by atoms with Crippen LogP contribution in [-0.4, -0.2) is 50.2 Å². The molecule has 10 nitrogen and oxygen atoms in total. The Labute approximate surface area is 172 Å². The lowest BCUT2D eigenvalue weighted by Gasteiger charge is -2.16. The number of nitrogens with zero attached hydrogens (tertiary/aromatic N) is 4. The second-order valence-corrected chi connectivity index (χ2v) is 6.73. The van der Waals surface area contributed by atoms with Gasteiger partial charge in [-0.25, -0.2) is 4.79 Å². The number of imidazole rings is 1. The highest BCUT2D eigenvalue weighted by Crippen LogP contribution is 2.19. The zero-order chi connectivity index (χ0) is 21.8. The Morgan fingerprint density at radius 2 is 1.87 bits per heavy atom. The molecule has 2 heterocycles. The predicted molar refractivity (Wildman–Crippen MR) is 113 cm³/mol. The van der Waals surface area contributed by atoms with Crippen molar-refractivity contribution in [3.05, 3.63) is 57.8 Å². The summed E-state index contributed by atoms with van der Waals surface area (Å²) >= 11 is 0. The number of hydrogen-bond acceptors (Lipinski definition) is 7. The molecular weight excluding hydrogens is 390 g/mol. The summed E-state index contributed by atoms with van der Waals surface area (Å²) in [6.45, 7) is 4.10. The van der Waals surface area contributed by atoms with E-state index in [1.807, 2.05) is 0 Å². The number of aryl methyl sites for hydroxylation is 1. The zero-order valence-electron chi connectivity index (χ0n) is 17.2. The topological polar surface area (TPSA) is 113 Å². The molecule has 1 aromatic carbocycles. The van der Waals surface area contributed by atoms with Crippen molar-refractivity contribution in [2.24, 2.45) is 14.1 Å². The highest BCUT2D eigenvalue weighted by molar-refractivity contribution is 5.74. The first kappa shape index (κ1) is 21.2. The molecule has 0 saturated heterocycles. The van der Waals surface area contributed by atoms with E-state index in [4.69, 9.17) is 9.47 Å². The Bertz CT molecular complexity index is 1160. The van der Waals surface area contributed by atoms with Crippen LogP contribution in [0.4, 0.5) is 5.95 Å². The normalized spacial score (nSPS) is 12.0. The maximum absolute atomic E-state index is 12.7. The molecule has 2 N–H and O–H groups in total. The zero-order valence-corrected chi connectivity index (χ0v) is 17.2. The number of aliphatic hydroxyl groups excluding tert-OH is 1. The second-order valence-electron chi connectivity index (χ2n) is 6.73. The lowest BCUT2D eigenvalue weighted by atomic mass is 10.3. The Balaban J connectivity index is 1.89. The molecule has 0 fully saturated rings. The Morgan fingerprint density at radius 1 is 1.20 bits per heavy atom. The number of anilines is 1. The maximum atomic E-state index is 12.7. The molecule has 0 aliphatic heterocycles. The number of hydrogen-bond donors (Lipinski definition) is 2. The molecule has 0 bridgehead atoms. The van der Waals surface area contributed by atoms with Crippen molar-refractivity contribution < 1.29 is 14.6 Å². The summed E-state index contributed by atoms with van der Waals surface area (Å²) in [6.07, 6.45) is 0.708. The summed E-state index contributed by atoms with van der Waals surface area (Å²) in [4.78, 5) is 29.4. The molecule has 1 atom stereocenters. The smallest absolute Gasteiger partial charge is 0.332 e. The Kier molecular flexibility index (Phi) is 6.26. The van der Waals surface area contributed by atoms with E-state index in [1.165, 1.54) is 11.6 Å². The van der Waals surface area contributed by atoms with Gasteiger partial charge < -0.3 is 24.5 Å². The predicted octanol–water partition coefficient (Wildman–Crippen LogP) is 0.480. The van der Waals surface area contributed by atoms with Gasteiger partial charge in [0.1, 0.15) is 24.2 Å². The minimum Gasteiger partial charge on any atom is -0.497 e. The van der Waals surface area contributed by atoms with E-state index in [1.54, 1.807) is 49.1 Å². The van der Waals surface area contributed by atoms with Gasteiger partial charge in [0.15, 0.2) is 11.2 Å². The van der Waals surface area contributed by atoms with E-state index in [0.29, 0.717) is 24.0 Å². The number of nitrogens with one attached hydrogen (secondary N) is 1. The largest absolute Gasteiger partial charge is 0.497 e. The van der Waals surface area contributed by atoms with Crippen molar-refractivity contribution in [3.63, 3.8) is 0 Å². The van der Waals surface area contributed by atoms with Crippen LogP contribution < -0.4 is 26.0 Å². The van der Waals surface area contributed by atoms with Crippen LogP contribution in [0.2, 0.25) is 0 Å². The van der Waals surface area contributed by atoms with Gasteiger partial charge in [0.25, 0.3) is 5.56 Å². The third-order valence-corrected chi connectivity index (χ3v) is 4.65. The molecule has 2 aromatic heterocycles. The van der Waals surface area contributed by atoms with Crippen LogP contribution in [0.5, 0.6) is 11.5 Å². The molecule has 3 rings (SSSR count). The molecule has 0 amide bonds. The quantitative estimate of drug-likeness (QED) is 0.489. The molecule has 0 spiro atoms. The second kappa shape index (κ2) is 8.87. The summed E-state index contributed by atoms with van der Waals surface area (Å²) in [5.74, 6) is 1.63. The number of methoxy groups -OCH3 is 1. The van der Waals surface area contributed by atoms with Crippen LogP contribution in [0.15, 0.2) is 46.5 Å². The SMILES string of the molecule is C=CCNc1nc2c(c(=O)n(C)c(=O)n2C)n1C[C@@H](O)COc1ccc(OC)cc1. The number of benzene rings is 1. The third-order valence-electron chi connectivity index (χ3n) is 4.65. The minimum atomic E-state index is -0.935. The first-order valence-corrected chi connectivity index (χ1v) is 9.33. The fraction of sp³-hybridized carbons (Fsp3) is 0.350. The van der Waals surface area contributed by atoms with Gasteiger partial charge in [-0.3, -0.25) is 13.9 Å². The number of fused-ring (bicyclic) bond motifs is 1. The number of rotatable bonds is 9. The first-order chi connectivity index (χ1) is 14.4. The molecule has 0 aliphatic carbocycles. The van der Waals surface area contributed by atoms with Gasteiger partial charge in [0, 0.05) is 20.6 Å². The molecule has 160 valence electrons. The summed E-state index contributed by atoms with van der Waals surface area (Å²) in [5, 5.41) is 13.6. The third kappa shape index (κ3) is 4.08. The average Bonchev–Trinajstić information content (AvgIpc) is 3.11. The van der Waals surface area contributed by atoms with Crippen LogP contribution >= 0.6 is 0 Å². The summed E-state index contributed by atoms with van der Waals surface area (Å²) in [7, 11) is 4.52. The van der Waals surface area contributed by atoms with E-state index in [0.717, 1.165) is 4.57 Å². The van der Waals surface area contributed by atoms with E-state index >= 15 is 0 Å². The van der Waals surface area contributed by atoms with E-state index in [2.05, 4.69) is 16.9 Å². The summed E-state index contributed by atoms with van der Waals surface area (Å²) < 4.78 is 14.6. The minimum absolute atomic E-state index is 0.00101. The van der Waals surface area contributed by atoms with Crippen LogP contribution in [0.25, 0.3) is 11.2 Å². The Hall–Kier alpha value is -3.53. The van der Waals surface area contributed by atoms with Crippen molar-refractivity contribution in [3.8, 4) is 11.5 Å². The molecule has 0 saturated carbocycles. The number of ether oxygens (including phenoxy) is 2. The summed E-state index contributed by atoms with van der Waals surface area (Å²) in [6, 6.07) is 6.99. The molecule has 0 unspecified atom stereocenters. The Morgan fingerprint density at radius 3 is 2.50 bits per heavy atom. The fourth-order valence-corrected chi connectivity index (χ4v) is 3.05. The average molecular weight is 415 g/mol. The van der Waals surface area contributed by atoms with Crippen LogP contribution in [0.3, 0.4) is 0 Å². The van der Waals surface area contributed by atoms with Crippen LogP contribution in [0.1, 0.15) is 0 Å². The van der Waals surface area contributed by atoms with E-state index < -0.39 is 17.4 Å². The van der Waals surface area contributed by atoms with Crippen molar-refractivity contribution in [1.29, 1.82) is 0 Å². The van der Waals surface area contributed by atoms with Crippen molar-refractivity contribution in [2.45, 2.75) is 12.6 Å². The lowest BCUT2D eigenvalue weighted by molar-refractivity contribution is 0.0938. The van der Waals surface area contributed by atoms with Crippen molar-refractivity contribution in [1.82, 2.24) is 18.7 Å². The number of aliphatic hydroxyl groups is 1. The molecule has 3 aromatic rings. The molecule has 30 heavy (non-hydrogen) atoms. The summed E-state index contributed by atoms with van der Waals surface area (Å²) in [5.41, 5.74) is -0.515. The van der Waals surface area contributed by atoms with Crippen LogP contribution in [-0.2, 0) is 20.6 Å². The fourth-order valence-electron chi connectivity index (χ4n) is 3.05. The number of aromatic nitrogens is 4. The van der Waals surface area contributed by atoms with Gasteiger partial charge in [-0.15, -0.1) is 6.58 Å². The van der Waals surface area contributed by atoms with Gasteiger partial charge in [-0.2, -0.15) is 4.98 Å². The molecular formula is C20H25N5O5. The van der Waals surface area contributed by atoms with Gasteiger partial charge in [0.05, 0.1) is 13.7 Å². The highest BCUT2D eigenvalue weighted by Gasteiger charge is 2.21. The standard InChI is InChI=1S/C20H25N5O5/c1-5-10-21-19-22-17-16(18(27)24(3)20(28)23(17)2)25(19)11-13(26)12-30-15-8-6-14(29-4)7-9-15/h5-9,13,26H,1,10-12H2,2-4H3,(H,21,22)/t13-/m1/s1. The van der Waals surface area contributed by atoms with Crippen molar-refractivity contribution >= 4 is 17.1 Å². The molecule has 0 aliphatic rings. The van der Waals surface area contributed by atoms with E-state index in [9.17, 15) is 14.7 Å². The van der Waals surface area contributed by atoms with Gasteiger partial charge in [-0.05, 0) is 24.3 Å². The van der Waals surface area contributed by atoms with Gasteiger partial charge in [0.2, 0.25) is 5.95 Å². The van der Waals surface area contributed by atoms with Crippen molar-refractivity contribution in [2.75, 3.05) is 25.6 Å². The van der Waals surface area contributed by atoms with E-state index in [-0.39, 0.29) is 24.3 Å².